The summed E-state index contributed by atoms with van der Waals surface area (Å²) >= 11 is 0. The van der Waals surface area contributed by atoms with Crippen LogP contribution in [0.4, 0.5) is 4.79 Å². The standard InChI is InChI=1S/C14H27N3O4S/c1-14(2,17-5-7-21-8-6-17)11-15-13(18)16(3)12-4-9-22(19,20)10-12/h12H,4-11H2,1-3H3,(H,15,18). The van der Waals surface area contributed by atoms with Gasteiger partial charge in [-0.15, -0.1) is 0 Å². The second-order valence-corrected chi connectivity index (χ2v) is 8.97. The van der Waals surface area contributed by atoms with E-state index in [1.54, 1.807) is 7.05 Å². The van der Waals surface area contributed by atoms with Crippen molar-refractivity contribution < 1.29 is 17.9 Å². The van der Waals surface area contributed by atoms with Crippen LogP contribution in [0.15, 0.2) is 0 Å². The summed E-state index contributed by atoms with van der Waals surface area (Å²) in [5.74, 6) is 0.248. The number of carbonyl (C=O) groups is 1. The van der Waals surface area contributed by atoms with Crippen molar-refractivity contribution in [2.24, 2.45) is 0 Å². The Morgan fingerprint density at radius 3 is 2.55 bits per heavy atom. The highest BCUT2D eigenvalue weighted by Gasteiger charge is 2.34. The lowest BCUT2D eigenvalue weighted by Gasteiger charge is -2.41. The molecule has 0 spiro atoms. The summed E-state index contributed by atoms with van der Waals surface area (Å²) < 4.78 is 28.4. The van der Waals surface area contributed by atoms with Crippen LogP contribution in [-0.4, -0.2) is 87.2 Å². The summed E-state index contributed by atoms with van der Waals surface area (Å²) in [5, 5.41) is 2.93. The molecule has 0 aliphatic carbocycles. The number of amides is 2. The number of urea groups is 1. The van der Waals surface area contributed by atoms with Gasteiger partial charge in [0, 0.05) is 38.3 Å². The largest absolute Gasteiger partial charge is 0.379 e. The average Bonchev–Trinajstić information content (AvgIpc) is 2.85. The third kappa shape index (κ3) is 4.33. The van der Waals surface area contributed by atoms with Crippen molar-refractivity contribution in [1.82, 2.24) is 15.1 Å². The molecule has 2 aliphatic rings. The highest BCUT2D eigenvalue weighted by Crippen LogP contribution is 2.18. The number of sulfone groups is 1. The monoisotopic (exact) mass is 333 g/mol. The molecule has 0 saturated carbocycles. The highest BCUT2D eigenvalue weighted by atomic mass is 32.2. The van der Waals surface area contributed by atoms with Crippen LogP contribution in [-0.2, 0) is 14.6 Å². The van der Waals surface area contributed by atoms with Crippen LogP contribution in [0.5, 0.6) is 0 Å². The Morgan fingerprint density at radius 1 is 1.36 bits per heavy atom. The van der Waals surface area contributed by atoms with Gasteiger partial charge in [0.05, 0.1) is 24.7 Å². The van der Waals surface area contributed by atoms with Gasteiger partial charge in [-0.3, -0.25) is 4.90 Å². The number of nitrogens with one attached hydrogen (secondary N) is 1. The van der Waals surface area contributed by atoms with Gasteiger partial charge >= 0.3 is 6.03 Å². The molecule has 2 amide bonds. The van der Waals surface area contributed by atoms with E-state index in [-0.39, 0.29) is 29.1 Å². The third-order valence-corrected chi connectivity index (χ3v) is 6.37. The van der Waals surface area contributed by atoms with Gasteiger partial charge in [-0.05, 0) is 20.3 Å². The molecule has 1 unspecified atom stereocenters. The summed E-state index contributed by atoms with van der Waals surface area (Å²) in [6.45, 7) is 7.88. The maximum Gasteiger partial charge on any atom is 0.317 e. The molecule has 22 heavy (non-hydrogen) atoms. The summed E-state index contributed by atoms with van der Waals surface area (Å²) in [7, 11) is -1.31. The summed E-state index contributed by atoms with van der Waals surface area (Å²) in [6, 6.07) is -0.417. The summed E-state index contributed by atoms with van der Waals surface area (Å²) in [6.07, 6.45) is 0.527. The first kappa shape index (κ1) is 17.5. The zero-order valence-corrected chi connectivity index (χ0v) is 14.5. The SMILES string of the molecule is CN(C(=O)NCC(C)(C)N1CCOCC1)C1CCS(=O)(=O)C1. The van der Waals surface area contributed by atoms with E-state index in [0.717, 1.165) is 26.3 Å². The zero-order valence-electron chi connectivity index (χ0n) is 13.7. The number of rotatable bonds is 4. The smallest absolute Gasteiger partial charge is 0.317 e. The summed E-state index contributed by atoms with van der Waals surface area (Å²) in [5.41, 5.74) is -0.151. The van der Waals surface area contributed by atoms with Crippen LogP contribution in [0.3, 0.4) is 0 Å². The lowest BCUT2D eigenvalue weighted by atomic mass is 10.0. The van der Waals surface area contributed by atoms with Gasteiger partial charge in [0.25, 0.3) is 0 Å². The summed E-state index contributed by atoms with van der Waals surface area (Å²) in [4.78, 5) is 16.1. The van der Waals surface area contributed by atoms with E-state index in [4.69, 9.17) is 4.74 Å². The molecule has 7 nitrogen and oxygen atoms in total. The normalized spacial score (nSPS) is 25.9. The van der Waals surface area contributed by atoms with Crippen molar-refractivity contribution in [2.45, 2.75) is 31.8 Å². The van der Waals surface area contributed by atoms with Crippen LogP contribution < -0.4 is 5.32 Å². The van der Waals surface area contributed by atoms with Crippen molar-refractivity contribution in [2.75, 3.05) is 51.4 Å². The predicted octanol–water partition coefficient (Wildman–Crippen LogP) is -0.0743. The van der Waals surface area contributed by atoms with Gasteiger partial charge in [0.1, 0.15) is 0 Å². The number of ether oxygens (including phenoxy) is 1. The Morgan fingerprint density at radius 2 is 2.00 bits per heavy atom. The second-order valence-electron chi connectivity index (χ2n) is 6.74. The van der Waals surface area contributed by atoms with E-state index >= 15 is 0 Å². The average molecular weight is 333 g/mol. The lowest BCUT2D eigenvalue weighted by Crippen LogP contribution is -2.57. The van der Waals surface area contributed by atoms with Crippen LogP contribution >= 0.6 is 0 Å². The van der Waals surface area contributed by atoms with Crippen molar-refractivity contribution in [3.05, 3.63) is 0 Å². The van der Waals surface area contributed by atoms with Gasteiger partial charge in [0.15, 0.2) is 9.84 Å². The topological polar surface area (TPSA) is 79.0 Å². The van der Waals surface area contributed by atoms with E-state index in [0.29, 0.717) is 13.0 Å². The maximum absolute atomic E-state index is 12.2. The van der Waals surface area contributed by atoms with Gasteiger partial charge in [-0.1, -0.05) is 0 Å². The fraction of sp³-hybridized carbons (Fsp3) is 0.929. The Kier molecular flexibility index (Phi) is 5.34. The van der Waals surface area contributed by atoms with Crippen molar-refractivity contribution in [3.63, 3.8) is 0 Å². The van der Waals surface area contributed by atoms with Gasteiger partial charge < -0.3 is 15.0 Å². The Balaban J connectivity index is 1.83. The molecule has 0 aromatic carbocycles. The molecule has 0 aromatic heterocycles. The van der Waals surface area contributed by atoms with E-state index < -0.39 is 9.84 Å². The van der Waals surface area contributed by atoms with E-state index in [1.807, 2.05) is 0 Å². The molecule has 2 aliphatic heterocycles. The minimum absolute atomic E-state index is 0.0732. The van der Waals surface area contributed by atoms with Gasteiger partial charge in [-0.25, -0.2) is 13.2 Å². The molecule has 128 valence electrons. The number of hydrogen-bond donors (Lipinski definition) is 1. The second kappa shape index (κ2) is 6.72. The van der Waals surface area contributed by atoms with E-state index in [1.165, 1.54) is 4.90 Å². The lowest BCUT2D eigenvalue weighted by molar-refractivity contribution is -0.00905. The third-order valence-electron chi connectivity index (χ3n) is 4.62. The number of hydrogen-bond acceptors (Lipinski definition) is 5. The van der Waals surface area contributed by atoms with Crippen LogP contribution in [0.25, 0.3) is 0 Å². The van der Waals surface area contributed by atoms with Crippen LogP contribution in [0, 0.1) is 0 Å². The molecule has 2 rings (SSSR count). The fourth-order valence-corrected chi connectivity index (χ4v) is 4.72. The zero-order chi connectivity index (χ0) is 16.4. The first-order chi connectivity index (χ1) is 10.2. The number of nitrogens with zero attached hydrogens (tertiary/aromatic N) is 2. The van der Waals surface area contributed by atoms with Crippen LogP contribution in [0.2, 0.25) is 0 Å². The molecule has 1 N–H and O–H groups in total. The Hall–Kier alpha value is -0.860. The number of carbonyl (C=O) groups excluding carboxylic acids is 1. The molecule has 2 saturated heterocycles. The molecule has 1 atom stereocenters. The molecular weight excluding hydrogens is 306 g/mol. The van der Waals surface area contributed by atoms with Crippen molar-refractivity contribution in [1.29, 1.82) is 0 Å². The maximum atomic E-state index is 12.2. The molecular formula is C14H27N3O4S. The molecule has 2 fully saturated rings. The van der Waals surface area contributed by atoms with E-state index in [2.05, 4.69) is 24.1 Å². The number of morpholine rings is 1. The quantitative estimate of drug-likeness (QED) is 0.779. The Bertz CT molecular complexity index is 500. The molecule has 8 heteroatoms. The van der Waals surface area contributed by atoms with Gasteiger partial charge in [0.2, 0.25) is 0 Å². The Labute approximate surface area is 132 Å². The first-order valence-corrected chi connectivity index (χ1v) is 9.57. The molecule has 0 aromatic rings. The van der Waals surface area contributed by atoms with Crippen molar-refractivity contribution >= 4 is 15.9 Å². The highest BCUT2D eigenvalue weighted by molar-refractivity contribution is 7.91. The van der Waals surface area contributed by atoms with Crippen molar-refractivity contribution in [3.8, 4) is 0 Å². The van der Waals surface area contributed by atoms with Gasteiger partial charge in [-0.2, -0.15) is 0 Å². The first-order valence-electron chi connectivity index (χ1n) is 7.75. The predicted molar refractivity (Wildman–Crippen MR) is 84.7 cm³/mol. The molecule has 0 radical (unpaired) electrons. The van der Waals surface area contributed by atoms with E-state index in [9.17, 15) is 13.2 Å². The molecule has 0 bridgehead atoms. The molecule has 2 heterocycles. The fourth-order valence-electron chi connectivity index (χ4n) is 2.94. The van der Waals surface area contributed by atoms with Crippen LogP contribution in [0.1, 0.15) is 20.3 Å². The minimum Gasteiger partial charge on any atom is -0.379 e. The minimum atomic E-state index is -2.98.